The zero-order chi connectivity index (χ0) is 21.6. The molecule has 3 aromatic rings. The van der Waals surface area contributed by atoms with Crippen LogP contribution in [-0.2, 0) is 21.2 Å². The molecule has 1 aliphatic heterocycles. The van der Waals surface area contributed by atoms with Crippen LogP contribution in [0.3, 0.4) is 0 Å². The molecule has 30 heavy (non-hydrogen) atoms. The summed E-state index contributed by atoms with van der Waals surface area (Å²) in [7, 11) is -0.671. The number of primary sulfonamides is 1. The van der Waals surface area contributed by atoms with Gasteiger partial charge in [-0.15, -0.1) is 0 Å². The number of sulfonamides is 1. The molecule has 0 fully saturated rings. The summed E-state index contributed by atoms with van der Waals surface area (Å²) in [4.78, 5) is 19.1. The Morgan fingerprint density at radius 3 is 2.33 bits per heavy atom. The minimum atomic E-state index is -3.78. The average Bonchev–Trinajstić information content (AvgIpc) is 3.07. The molecule has 2 heterocycles. The fraction of sp³-hybridized carbons (Fsp3) is 0.238. The number of carbonyl (C=O) groups is 1. The Morgan fingerprint density at radius 2 is 1.73 bits per heavy atom. The molecule has 0 saturated heterocycles. The quantitative estimate of drug-likeness (QED) is 0.670. The van der Waals surface area contributed by atoms with Crippen molar-refractivity contribution in [3.8, 4) is 11.5 Å². The van der Waals surface area contributed by atoms with Crippen molar-refractivity contribution >= 4 is 32.5 Å². The van der Waals surface area contributed by atoms with Crippen LogP contribution in [0, 0.1) is 0 Å². The lowest BCUT2D eigenvalue weighted by molar-refractivity contribution is -0.117. The van der Waals surface area contributed by atoms with Crippen molar-refractivity contribution in [3.05, 3.63) is 53.7 Å². The standard InChI is InChI=1S/C21H21N3O5S/c1-12(13-4-6-15(7-5-13)30(22,26)27)24-20(25)8-14-11-23-17-10-19(29-3)18(28-2)9-16(17)21(14)24/h4-7,9-12H,8H2,1-3H3,(H2,22,26,27)/t12-/m1/s1. The van der Waals surface area contributed by atoms with Gasteiger partial charge in [-0.2, -0.15) is 0 Å². The molecule has 1 amide bonds. The van der Waals surface area contributed by atoms with Gasteiger partial charge in [0.15, 0.2) is 11.5 Å². The first-order valence-corrected chi connectivity index (χ1v) is 10.8. The maximum absolute atomic E-state index is 12.9. The monoisotopic (exact) mass is 427 g/mol. The van der Waals surface area contributed by atoms with Crippen LogP contribution >= 0.6 is 0 Å². The topological polar surface area (TPSA) is 112 Å². The normalized spacial score (nSPS) is 14.7. The van der Waals surface area contributed by atoms with E-state index in [-0.39, 0.29) is 23.3 Å². The Morgan fingerprint density at radius 1 is 1.10 bits per heavy atom. The Labute approximate surface area is 174 Å². The largest absolute Gasteiger partial charge is 0.493 e. The van der Waals surface area contributed by atoms with Crippen LogP contribution in [0.5, 0.6) is 11.5 Å². The number of carbonyl (C=O) groups excluding carboxylic acids is 1. The van der Waals surface area contributed by atoms with Crippen molar-refractivity contribution < 1.29 is 22.7 Å². The highest BCUT2D eigenvalue weighted by atomic mass is 32.2. The lowest BCUT2D eigenvalue weighted by Gasteiger charge is -2.27. The van der Waals surface area contributed by atoms with E-state index in [0.29, 0.717) is 17.0 Å². The van der Waals surface area contributed by atoms with Crippen molar-refractivity contribution in [2.24, 2.45) is 5.14 Å². The third-order valence-electron chi connectivity index (χ3n) is 5.35. The average molecular weight is 427 g/mol. The van der Waals surface area contributed by atoms with Gasteiger partial charge in [-0.25, -0.2) is 13.6 Å². The van der Waals surface area contributed by atoms with Crippen molar-refractivity contribution in [1.29, 1.82) is 0 Å². The number of rotatable bonds is 5. The molecule has 0 bridgehead atoms. The van der Waals surface area contributed by atoms with Gasteiger partial charge in [-0.05, 0) is 30.7 Å². The van der Waals surface area contributed by atoms with Crippen LogP contribution in [0.15, 0.2) is 47.5 Å². The maximum Gasteiger partial charge on any atom is 0.238 e. The zero-order valence-corrected chi connectivity index (χ0v) is 17.6. The molecule has 0 radical (unpaired) electrons. The van der Waals surface area contributed by atoms with E-state index in [2.05, 4.69) is 4.98 Å². The molecular weight excluding hydrogens is 406 g/mol. The predicted octanol–water partition coefficient (Wildman–Crippen LogP) is 2.55. The number of pyridine rings is 1. The molecule has 2 N–H and O–H groups in total. The van der Waals surface area contributed by atoms with Gasteiger partial charge in [0.1, 0.15) is 0 Å². The number of benzene rings is 2. The molecule has 1 aliphatic rings. The summed E-state index contributed by atoms with van der Waals surface area (Å²) in [5, 5.41) is 5.96. The predicted molar refractivity (Wildman–Crippen MR) is 112 cm³/mol. The summed E-state index contributed by atoms with van der Waals surface area (Å²) in [6.45, 7) is 1.89. The van der Waals surface area contributed by atoms with Crippen LogP contribution in [0.1, 0.15) is 24.1 Å². The molecule has 0 spiro atoms. The third kappa shape index (κ3) is 3.25. The first kappa shape index (κ1) is 20.1. The summed E-state index contributed by atoms with van der Waals surface area (Å²) < 4.78 is 33.9. The number of fused-ring (bicyclic) bond motifs is 3. The number of hydrogen-bond acceptors (Lipinski definition) is 6. The number of anilines is 1. The highest BCUT2D eigenvalue weighted by Crippen LogP contribution is 2.43. The zero-order valence-electron chi connectivity index (χ0n) is 16.7. The van der Waals surface area contributed by atoms with Gasteiger partial charge in [0.2, 0.25) is 15.9 Å². The second-order valence-corrected chi connectivity index (χ2v) is 8.65. The van der Waals surface area contributed by atoms with E-state index in [4.69, 9.17) is 14.6 Å². The van der Waals surface area contributed by atoms with Gasteiger partial charge in [0, 0.05) is 23.2 Å². The molecule has 0 saturated carbocycles. The molecule has 0 aliphatic carbocycles. The summed E-state index contributed by atoms with van der Waals surface area (Å²) >= 11 is 0. The number of nitrogens with zero attached hydrogens (tertiary/aromatic N) is 2. The number of amides is 1. The Hall–Kier alpha value is -3.17. The summed E-state index contributed by atoms with van der Waals surface area (Å²) in [5.41, 5.74) is 3.07. The Balaban J connectivity index is 1.83. The van der Waals surface area contributed by atoms with Crippen molar-refractivity contribution in [2.45, 2.75) is 24.3 Å². The van der Waals surface area contributed by atoms with Gasteiger partial charge in [0.05, 0.1) is 42.8 Å². The minimum Gasteiger partial charge on any atom is -0.493 e. The lowest BCUT2D eigenvalue weighted by Crippen LogP contribution is -2.30. The minimum absolute atomic E-state index is 0.0260. The summed E-state index contributed by atoms with van der Waals surface area (Å²) in [6, 6.07) is 9.50. The molecule has 156 valence electrons. The molecular formula is C21H21N3O5S. The lowest BCUT2D eigenvalue weighted by atomic mass is 10.0. The highest BCUT2D eigenvalue weighted by Gasteiger charge is 2.34. The summed E-state index contributed by atoms with van der Waals surface area (Å²) in [6.07, 6.45) is 1.95. The fourth-order valence-corrected chi connectivity index (χ4v) is 4.34. The van der Waals surface area contributed by atoms with Crippen LogP contribution in [-0.4, -0.2) is 33.5 Å². The fourth-order valence-electron chi connectivity index (χ4n) is 3.83. The van der Waals surface area contributed by atoms with Gasteiger partial charge >= 0.3 is 0 Å². The van der Waals surface area contributed by atoms with E-state index in [0.717, 1.165) is 22.2 Å². The molecule has 0 unspecified atom stereocenters. The second kappa shape index (κ2) is 7.26. The van der Waals surface area contributed by atoms with Crippen LogP contribution < -0.4 is 19.5 Å². The van der Waals surface area contributed by atoms with Crippen LogP contribution in [0.4, 0.5) is 5.69 Å². The molecule has 9 heteroatoms. The van der Waals surface area contributed by atoms with Gasteiger partial charge < -0.3 is 14.4 Å². The molecule has 1 atom stereocenters. The van der Waals surface area contributed by atoms with Gasteiger partial charge in [-0.3, -0.25) is 9.78 Å². The van der Waals surface area contributed by atoms with E-state index in [9.17, 15) is 13.2 Å². The van der Waals surface area contributed by atoms with E-state index in [1.807, 2.05) is 13.0 Å². The molecule has 8 nitrogen and oxygen atoms in total. The first-order valence-electron chi connectivity index (χ1n) is 9.23. The molecule has 1 aromatic heterocycles. The number of hydrogen-bond donors (Lipinski definition) is 1. The van der Waals surface area contributed by atoms with Crippen LogP contribution in [0.25, 0.3) is 10.9 Å². The highest BCUT2D eigenvalue weighted by molar-refractivity contribution is 7.89. The summed E-state index contributed by atoms with van der Waals surface area (Å²) in [5.74, 6) is 1.04. The number of aromatic nitrogens is 1. The third-order valence-corrected chi connectivity index (χ3v) is 6.28. The van der Waals surface area contributed by atoms with Gasteiger partial charge in [0.25, 0.3) is 0 Å². The van der Waals surface area contributed by atoms with E-state index in [1.54, 1.807) is 43.5 Å². The van der Waals surface area contributed by atoms with Crippen LogP contribution in [0.2, 0.25) is 0 Å². The number of ether oxygens (including phenoxy) is 2. The SMILES string of the molecule is COc1cc2ncc3c(c2cc1OC)N([C@H](C)c1ccc(S(N)(=O)=O)cc1)C(=O)C3. The van der Waals surface area contributed by atoms with Crippen molar-refractivity contribution in [1.82, 2.24) is 4.98 Å². The van der Waals surface area contributed by atoms with E-state index in [1.165, 1.54) is 12.1 Å². The first-order chi connectivity index (χ1) is 14.2. The van der Waals surface area contributed by atoms with Crippen molar-refractivity contribution in [3.63, 3.8) is 0 Å². The maximum atomic E-state index is 12.9. The number of nitrogens with two attached hydrogens (primary N) is 1. The van der Waals surface area contributed by atoms with Gasteiger partial charge in [-0.1, -0.05) is 12.1 Å². The smallest absolute Gasteiger partial charge is 0.238 e. The molecule has 4 rings (SSSR count). The molecule has 2 aromatic carbocycles. The number of methoxy groups -OCH3 is 2. The van der Waals surface area contributed by atoms with Crippen molar-refractivity contribution in [2.75, 3.05) is 19.1 Å². The van der Waals surface area contributed by atoms with E-state index >= 15 is 0 Å². The van der Waals surface area contributed by atoms with E-state index < -0.39 is 10.0 Å². The second-order valence-electron chi connectivity index (χ2n) is 7.09. The Kier molecular flexibility index (Phi) is 4.87. The Bertz CT molecular complexity index is 1260.